The highest BCUT2D eigenvalue weighted by atomic mass is 35.5. The van der Waals surface area contributed by atoms with Crippen molar-refractivity contribution >= 4 is 22.5 Å². The van der Waals surface area contributed by atoms with Crippen LogP contribution in [0.1, 0.15) is 11.1 Å². The van der Waals surface area contributed by atoms with E-state index in [9.17, 15) is 4.79 Å². The van der Waals surface area contributed by atoms with Gasteiger partial charge in [0, 0.05) is 11.6 Å². The van der Waals surface area contributed by atoms with E-state index >= 15 is 0 Å². The molecule has 0 fully saturated rings. The second kappa shape index (κ2) is 10.5. The summed E-state index contributed by atoms with van der Waals surface area (Å²) in [6.45, 7) is 0.735. The summed E-state index contributed by atoms with van der Waals surface area (Å²) in [5.74, 6) is 1.88. The summed E-state index contributed by atoms with van der Waals surface area (Å²) in [6.07, 6.45) is 0. The molecule has 0 amide bonds. The number of hydrogen-bond donors (Lipinski definition) is 1. The number of rotatable bonds is 7. The molecule has 0 aliphatic rings. The molecule has 5 aromatic rings. The van der Waals surface area contributed by atoms with Crippen LogP contribution in [-0.4, -0.2) is 23.8 Å². The van der Waals surface area contributed by atoms with Crippen LogP contribution in [-0.2, 0) is 13.1 Å². The number of hydrogen-bond acceptors (Lipinski definition) is 5. The minimum Gasteiger partial charge on any atom is -0.497 e. The van der Waals surface area contributed by atoms with Gasteiger partial charge in [-0.2, -0.15) is 0 Å². The zero-order chi connectivity index (χ0) is 25.9. The monoisotopic (exact) mass is 511 g/mol. The molecule has 7 heteroatoms. The van der Waals surface area contributed by atoms with E-state index in [0.29, 0.717) is 46.2 Å². The van der Waals surface area contributed by atoms with Gasteiger partial charge in [0.2, 0.25) is 0 Å². The van der Waals surface area contributed by atoms with Crippen molar-refractivity contribution in [1.29, 1.82) is 0 Å². The van der Waals surface area contributed by atoms with Crippen molar-refractivity contribution in [3.8, 4) is 34.0 Å². The fourth-order valence-corrected chi connectivity index (χ4v) is 4.61. The Balaban J connectivity index is 1.70. The third-order valence-electron chi connectivity index (χ3n) is 6.33. The van der Waals surface area contributed by atoms with Crippen molar-refractivity contribution < 1.29 is 9.47 Å². The van der Waals surface area contributed by atoms with Gasteiger partial charge in [-0.1, -0.05) is 54.1 Å². The van der Waals surface area contributed by atoms with Crippen molar-refractivity contribution in [2.75, 3.05) is 14.2 Å². The summed E-state index contributed by atoms with van der Waals surface area (Å²) in [4.78, 5) is 18.7. The Bertz CT molecular complexity index is 1660. The molecule has 1 heterocycles. The molecule has 0 spiro atoms. The van der Waals surface area contributed by atoms with Gasteiger partial charge in [-0.05, 0) is 64.7 Å². The van der Waals surface area contributed by atoms with Gasteiger partial charge in [0.1, 0.15) is 17.3 Å². The van der Waals surface area contributed by atoms with Crippen molar-refractivity contribution in [2.24, 2.45) is 5.73 Å². The standard InChI is InChI=1S/C30H26ClN3O3/c1-36-24-8-4-7-21(14-24)22-9-11-25(28(15-22)37-2)29-33-27-12-10-23(31)16-26(27)30(35)34(29)18-20-6-3-5-19(13-20)17-32/h3-16H,17-18,32H2,1-2H3. The van der Waals surface area contributed by atoms with Gasteiger partial charge in [0.25, 0.3) is 5.56 Å². The van der Waals surface area contributed by atoms with Crippen LogP contribution in [0.25, 0.3) is 33.4 Å². The second-order valence-corrected chi connectivity index (χ2v) is 9.10. The Hall–Kier alpha value is -4.13. The maximum Gasteiger partial charge on any atom is 0.262 e. The number of nitrogens with two attached hydrogens (primary N) is 1. The van der Waals surface area contributed by atoms with E-state index in [1.807, 2.05) is 66.7 Å². The summed E-state index contributed by atoms with van der Waals surface area (Å²) < 4.78 is 12.9. The Morgan fingerprint density at radius 3 is 2.43 bits per heavy atom. The number of aromatic nitrogens is 2. The molecular weight excluding hydrogens is 486 g/mol. The van der Waals surface area contributed by atoms with Crippen LogP contribution in [0.2, 0.25) is 5.02 Å². The lowest BCUT2D eigenvalue weighted by molar-refractivity contribution is 0.414. The third-order valence-corrected chi connectivity index (χ3v) is 6.56. The molecule has 2 N–H and O–H groups in total. The van der Waals surface area contributed by atoms with Gasteiger partial charge in [-0.15, -0.1) is 0 Å². The number of fused-ring (bicyclic) bond motifs is 1. The third kappa shape index (κ3) is 4.94. The average Bonchev–Trinajstić information content (AvgIpc) is 2.94. The van der Waals surface area contributed by atoms with Crippen molar-refractivity contribution in [3.63, 3.8) is 0 Å². The molecule has 5 rings (SSSR count). The predicted molar refractivity (Wildman–Crippen MR) is 148 cm³/mol. The first-order chi connectivity index (χ1) is 18.0. The topological polar surface area (TPSA) is 79.4 Å². The van der Waals surface area contributed by atoms with Crippen molar-refractivity contribution in [2.45, 2.75) is 13.1 Å². The Kier molecular flexibility index (Phi) is 6.95. The molecular formula is C30H26ClN3O3. The first-order valence-electron chi connectivity index (χ1n) is 11.8. The normalized spacial score (nSPS) is 11.0. The number of nitrogens with zero attached hydrogens (tertiary/aromatic N) is 2. The minimum atomic E-state index is -0.181. The largest absolute Gasteiger partial charge is 0.497 e. The molecule has 0 bridgehead atoms. The first kappa shape index (κ1) is 24.6. The highest BCUT2D eigenvalue weighted by Gasteiger charge is 2.18. The number of halogens is 1. The summed E-state index contributed by atoms with van der Waals surface area (Å²) in [7, 11) is 3.26. The van der Waals surface area contributed by atoms with Gasteiger partial charge in [0.15, 0.2) is 0 Å². The lowest BCUT2D eigenvalue weighted by atomic mass is 10.0. The molecule has 0 saturated carbocycles. The van der Waals surface area contributed by atoms with Crippen LogP contribution in [0.5, 0.6) is 11.5 Å². The Labute approximate surface area is 219 Å². The van der Waals surface area contributed by atoms with Crippen molar-refractivity contribution in [3.05, 3.63) is 111 Å². The van der Waals surface area contributed by atoms with E-state index in [2.05, 4.69) is 0 Å². The van der Waals surface area contributed by atoms with E-state index in [0.717, 1.165) is 28.0 Å². The van der Waals surface area contributed by atoms with E-state index in [4.69, 9.17) is 31.8 Å². The molecule has 186 valence electrons. The molecule has 0 aliphatic heterocycles. The van der Waals surface area contributed by atoms with Gasteiger partial charge in [-0.3, -0.25) is 9.36 Å². The van der Waals surface area contributed by atoms with Crippen LogP contribution in [0.4, 0.5) is 0 Å². The van der Waals surface area contributed by atoms with Crippen LogP contribution in [0.15, 0.2) is 89.7 Å². The smallest absolute Gasteiger partial charge is 0.262 e. The minimum absolute atomic E-state index is 0.181. The average molecular weight is 512 g/mol. The molecule has 37 heavy (non-hydrogen) atoms. The Morgan fingerprint density at radius 1 is 0.865 bits per heavy atom. The molecule has 0 unspecified atom stereocenters. The first-order valence-corrected chi connectivity index (χ1v) is 12.2. The molecule has 6 nitrogen and oxygen atoms in total. The fourth-order valence-electron chi connectivity index (χ4n) is 4.44. The summed E-state index contributed by atoms with van der Waals surface area (Å²) >= 11 is 6.23. The summed E-state index contributed by atoms with van der Waals surface area (Å²) in [5.41, 5.74) is 10.8. The lowest BCUT2D eigenvalue weighted by Crippen LogP contribution is -2.24. The molecule has 4 aromatic carbocycles. The summed E-state index contributed by atoms with van der Waals surface area (Å²) in [5, 5.41) is 0.939. The van der Waals surface area contributed by atoms with Crippen LogP contribution >= 0.6 is 11.6 Å². The Morgan fingerprint density at radius 2 is 1.65 bits per heavy atom. The quantitative estimate of drug-likeness (QED) is 0.294. The van der Waals surface area contributed by atoms with Crippen LogP contribution in [0.3, 0.4) is 0 Å². The maximum atomic E-state index is 13.8. The zero-order valence-corrected chi connectivity index (χ0v) is 21.3. The SMILES string of the molecule is COc1cccc(-c2ccc(-c3nc4ccc(Cl)cc4c(=O)n3Cc3cccc(CN)c3)c(OC)c2)c1. The van der Waals surface area contributed by atoms with E-state index in [1.54, 1.807) is 37.0 Å². The second-order valence-electron chi connectivity index (χ2n) is 8.66. The molecule has 1 aromatic heterocycles. The number of ether oxygens (including phenoxy) is 2. The molecule has 0 saturated heterocycles. The molecule has 0 atom stereocenters. The fraction of sp³-hybridized carbons (Fsp3) is 0.133. The zero-order valence-electron chi connectivity index (χ0n) is 20.6. The molecule has 0 aliphatic carbocycles. The van der Waals surface area contributed by atoms with E-state index in [-0.39, 0.29) is 5.56 Å². The van der Waals surface area contributed by atoms with E-state index < -0.39 is 0 Å². The maximum absolute atomic E-state index is 13.8. The highest BCUT2D eigenvalue weighted by molar-refractivity contribution is 6.31. The predicted octanol–water partition coefficient (Wildman–Crippen LogP) is 5.91. The highest BCUT2D eigenvalue weighted by Crippen LogP contribution is 2.35. The number of benzene rings is 4. The number of methoxy groups -OCH3 is 2. The molecule has 0 radical (unpaired) electrons. The van der Waals surface area contributed by atoms with Crippen LogP contribution < -0.4 is 20.8 Å². The summed E-state index contributed by atoms with van der Waals surface area (Å²) in [6, 6.07) is 26.7. The van der Waals surface area contributed by atoms with Crippen LogP contribution in [0, 0.1) is 0 Å². The van der Waals surface area contributed by atoms with Gasteiger partial charge >= 0.3 is 0 Å². The van der Waals surface area contributed by atoms with Crippen molar-refractivity contribution in [1.82, 2.24) is 9.55 Å². The van der Waals surface area contributed by atoms with E-state index in [1.165, 1.54) is 0 Å². The lowest BCUT2D eigenvalue weighted by Gasteiger charge is -2.17. The van der Waals surface area contributed by atoms with Gasteiger partial charge in [0.05, 0.1) is 37.2 Å². The van der Waals surface area contributed by atoms with Gasteiger partial charge < -0.3 is 15.2 Å². The van der Waals surface area contributed by atoms with Gasteiger partial charge in [-0.25, -0.2) is 4.98 Å².